The summed E-state index contributed by atoms with van der Waals surface area (Å²) in [4.78, 5) is 23.8. The van der Waals surface area contributed by atoms with Gasteiger partial charge in [0.2, 0.25) is 11.9 Å². The molecule has 2 aliphatic rings. The molecule has 1 spiro atoms. The minimum Gasteiger partial charge on any atom is -0.382 e. The maximum atomic E-state index is 12.5. The fourth-order valence-corrected chi connectivity index (χ4v) is 5.85. The predicted octanol–water partition coefficient (Wildman–Crippen LogP) is 3.41. The number of aromatic nitrogens is 3. The van der Waals surface area contributed by atoms with Crippen molar-refractivity contribution in [2.24, 2.45) is 0 Å². The third-order valence-corrected chi connectivity index (χ3v) is 7.64. The van der Waals surface area contributed by atoms with E-state index in [9.17, 15) is 4.79 Å². The van der Waals surface area contributed by atoms with Crippen LogP contribution in [0.5, 0.6) is 0 Å². The molecule has 2 atom stereocenters. The number of piperidine rings is 1. The van der Waals surface area contributed by atoms with Gasteiger partial charge in [0.15, 0.2) is 0 Å². The van der Waals surface area contributed by atoms with E-state index in [-0.39, 0.29) is 23.5 Å². The highest BCUT2D eigenvalue weighted by atomic mass is 16.5. The maximum absolute atomic E-state index is 12.5. The smallest absolute Gasteiger partial charge is 0.233 e. The van der Waals surface area contributed by atoms with Crippen molar-refractivity contribution in [2.45, 2.75) is 50.3 Å². The number of ether oxygens (including phenoxy) is 2. The van der Waals surface area contributed by atoms with Crippen LogP contribution in [0, 0.1) is 0 Å². The minimum atomic E-state index is -0.149. The Balaban J connectivity index is 1.37. The van der Waals surface area contributed by atoms with Crippen LogP contribution in [0.1, 0.15) is 49.0 Å². The number of nitrogens with one attached hydrogen (secondary N) is 1. The average Bonchev–Trinajstić information content (AvgIpc) is 3.48. The van der Waals surface area contributed by atoms with Crippen molar-refractivity contribution in [3.05, 3.63) is 77.9 Å². The fourth-order valence-electron chi connectivity index (χ4n) is 5.85. The van der Waals surface area contributed by atoms with E-state index >= 15 is 0 Å². The van der Waals surface area contributed by atoms with Gasteiger partial charge in [-0.2, -0.15) is 0 Å². The second-order valence-electron chi connectivity index (χ2n) is 9.62. The van der Waals surface area contributed by atoms with Gasteiger partial charge < -0.3 is 14.8 Å². The Morgan fingerprint density at radius 3 is 2.61 bits per heavy atom. The average molecular weight is 490 g/mol. The number of hydrogen-bond acceptors (Lipinski definition) is 6. The molecule has 0 unspecified atom stereocenters. The van der Waals surface area contributed by atoms with Gasteiger partial charge in [-0.05, 0) is 55.3 Å². The molecule has 1 amide bonds. The van der Waals surface area contributed by atoms with Gasteiger partial charge in [0.25, 0.3) is 0 Å². The number of carbonyl (C=O) groups is 1. The maximum Gasteiger partial charge on any atom is 0.233 e. The first-order valence-corrected chi connectivity index (χ1v) is 12.8. The molecule has 0 radical (unpaired) electrons. The highest BCUT2D eigenvalue weighted by Crippen LogP contribution is 2.52. The highest BCUT2D eigenvalue weighted by Gasteiger charge is 2.54. The molecule has 1 aliphatic heterocycles. The van der Waals surface area contributed by atoms with Gasteiger partial charge in [-0.3, -0.25) is 14.3 Å². The lowest BCUT2D eigenvalue weighted by atomic mass is 9.71. The standard InChI is InChI=1S/C28H35N5O3/c1-3-24(34)31-25-22-9-4-5-10-23(22)28(26(25)36-19-18-35-2)11-16-32(17-12-28)20-21-8-6-15-33(21)27-29-13-7-14-30-27/h4-10,13-15,25-26H,3,11-12,16-20H2,1-2H3,(H,31,34)/t25-,26+/m1/s1. The van der Waals surface area contributed by atoms with Gasteiger partial charge in [-0.1, -0.05) is 31.2 Å². The summed E-state index contributed by atoms with van der Waals surface area (Å²) in [5, 5.41) is 3.27. The van der Waals surface area contributed by atoms with E-state index in [4.69, 9.17) is 9.47 Å². The minimum absolute atomic E-state index is 0.0496. The number of amides is 1. The van der Waals surface area contributed by atoms with Crippen LogP contribution in [0.25, 0.3) is 5.95 Å². The van der Waals surface area contributed by atoms with E-state index in [2.05, 4.69) is 55.1 Å². The first-order valence-electron chi connectivity index (χ1n) is 12.8. The van der Waals surface area contributed by atoms with Crippen molar-refractivity contribution >= 4 is 5.91 Å². The summed E-state index contributed by atoms with van der Waals surface area (Å²) >= 11 is 0. The molecule has 0 bridgehead atoms. The number of nitrogens with zero attached hydrogens (tertiary/aromatic N) is 4. The monoisotopic (exact) mass is 489 g/mol. The molecule has 36 heavy (non-hydrogen) atoms. The fraction of sp³-hybridized carbons (Fsp3) is 0.464. The summed E-state index contributed by atoms with van der Waals surface area (Å²) in [7, 11) is 1.69. The van der Waals surface area contributed by atoms with E-state index in [1.807, 2.05) is 25.3 Å². The number of hydrogen-bond donors (Lipinski definition) is 1. The molecule has 1 fully saturated rings. The number of likely N-dealkylation sites (tertiary alicyclic amines) is 1. The van der Waals surface area contributed by atoms with Gasteiger partial charge in [0, 0.05) is 49.8 Å². The molecular weight excluding hydrogens is 454 g/mol. The van der Waals surface area contributed by atoms with E-state index in [0.717, 1.165) is 32.5 Å². The highest BCUT2D eigenvalue weighted by molar-refractivity contribution is 5.76. The molecule has 3 heterocycles. The molecule has 1 saturated heterocycles. The van der Waals surface area contributed by atoms with Crippen molar-refractivity contribution < 1.29 is 14.3 Å². The van der Waals surface area contributed by atoms with Gasteiger partial charge in [0.05, 0.1) is 25.4 Å². The molecule has 1 N–H and O–H groups in total. The molecule has 1 aliphatic carbocycles. The predicted molar refractivity (Wildman–Crippen MR) is 137 cm³/mol. The number of rotatable bonds is 9. The second kappa shape index (κ2) is 10.9. The first kappa shape index (κ1) is 24.6. The topological polar surface area (TPSA) is 81.5 Å². The normalized spacial score (nSPS) is 20.9. The van der Waals surface area contributed by atoms with Crippen LogP contribution >= 0.6 is 0 Å². The van der Waals surface area contributed by atoms with Crippen LogP contribution < -0.4 is 5.32 Å². The van der Waals surface area contributed by atoms with E-state index in [0.29, 0.717) is 25.6 Å². The summed E-state index contributed by atoms with van der Waals surface area (Å²) in [6.45, 7) is 5.63. The van der Waals surface area contributed by atoms with Crippen LogP contribution in [-0.2, 0) is 26.2 Å². The number of benzene rings is 1. The van der Waals surface area contributed by atoms with Gasteiger partial charge >= 0.3 is 0 Å². The quantitative estimate of drug-likeness (QED) is 0.464. The zero-order chi connectivity index (χ0) is 25.0. The van der Waals surface area contributed by atoms with Crippen LogP contribution in [-0.4, -0.2) is 64.9 Å². The molecule has 190 valence electrons. The Morgan fingerprint density at radius 1 is 1.08 bits per heavy atom. The van der Waals surface area contributed by atoms with Crippen molar-refractivity contribution in [1.29, 1.82) is 0 Å². The van der Waals surface area contributed by atoms with E-state index in [1.165, 1.54) is 16.8 Å². The Morgan fingerprint density at radius 2 is 1.86 bits per heavy atom. The van der Waals surface area contributed by atoms with Gasteiger partial charge in [-0.25, -0.2) is 9.97 Å². The largest absolute Gasteiger partial charge is 0.382 e. The summed E-state index contributed by atoms with van der Waals surface area (Å²) in [6.07, 6.45) is 7.81. The lowest BCUT2D eigenvalue weighted by molar-refractivity contribution is -0.124. The third kappa shape index (κ3) is 4.68. The summed E-state index contributed by atoms with van der Waals surface area (Å²) < 4.78 is 13.9. The second-order valence-corrected chi connectivity index (χ2v) is 9.62. The summed E-state index contributed by atoms with van der Waals surface area (Å²) in [6, 6.07) is 14.4. The van der Waals surface area contributed by atoms with Crippen LogP contribution in [0.4, 0.5) is 0 Å². The van der Waals surface area contributed by atoms with Crippen LogP contribution in [0.2, 0.25) is 0 Å². The van der Waals surface area contributed by atoms with Gasteiger partial charge in [0.1, 0.15) is 0 Å². The lowest BCUT2D eigenvalue weighted by Gasteiger charge is -2.44. The van der Waals surface area contributed by atoms with E-state index < -0.39 is 0 Å². The molecule has 8 heteroatoms. The first-order chi connectivity index (χ1) is 17.7. The molecule has 8 nitrogen and oxygen atoms in total. The van der Waals surface area contributed by atoms with Crippen LogP contribution in [0.15, 0.2) is 61.1 Å². The Bertz CT molecular complexity index is 1160. The van der Waals surface area contributed by atoms with Crippen molar-refractivity contribution in [1.82, 2.24) is 24.8 Å². The lowest BCUT2D eigenvalue weighted by Crippen LogP contribution is -2.51. The van der Waals surface area contributed by atoms with Gasteiger partial charge in [-0.15, -0.1) is 0 Å². The zero-order valence-electron chi connectivity index (χ0n) is 21.1. The molecule has 5 rings (SSSR count). The van der Waals surface area contributed by atoms with Crippen LogP contribution in [0.3, 0.4) is 0 Å². The van der Waals surface area contributed by atoms with Crippen molar-refractivity contribution in [3.63, 3.8) is 0 Å². The number of methoxy groups -OCH3 is 1. The number of carbonyl (C=O) groups excluding carboxylic acids is 1. The third-order valence-electron chi connectivity index (χ3n) is 7.64. The number of fused-ring (bicyclic) bond motifs is 2. The molecule has 2 aromatic heterocycles. The molecule has 1 aromatic carbocycles. The van der Waals surface area contributed by atoms with Crippen molar-refractivity contribution in [3.8, 4) is 5.95 Å². The molecule has 3 aromatic rings. The SMILES string of the molecule is CCC(=O)N[C@@H]1c2ccccc2C2(CCN(Cc3cccn3-c3ncccn3)CC2)[C@H]1OCCOC. The Hall–Kier alpha value is -3.07. The molecular formula is C28H35N5O3. The van der Waals surface area contributed by atoms with Crippen molar-refractivity contribution in [2.75, 3.05) is 33.4 Å². The Kier molecular flexibility index (Phi) is 7.46. The Labute approximate surface area is 212 Å². The summed E-state index contributed by atoms with van der Waals surface area (Å²) in [5.41, 5.74) is 3.53. The summed E-state index contributed by atoms with van der Waals surface area (Å²) in [5.74, 6) is 0.741. The van der Waals surface area contributed by atoms with E-state index in [1.54, 1.807) is 19.5 Å². The zero-order valence-corrected chi connectivity index (χ0v) is 21.1. The molecule has 0 saturated carbocycles.